The second-order valence-corrected chi connectivity index (χ2v) is 5.94. The molecule has 1 rings (SSSR count). The fourth-order valence-corrected chi connectivity index (χ4v) is 1.34. The summed E-state index contributed by atoms with van der Waals surface area (Å²) in [5, 5.41) is 0. The van der Waals surface area contributed by atoms with Crippen molar-refractivity contribution in [3.8, 4) is 0 Å². The Morgan fingerprint density at radius 1 is 1.21 bits per heavy atom. The van der Waals surface area contributed by atoms with Crippen molar-refractivity contribution >= 4 is 17.2 Å². The number of benzene rings is 1. The van der Waals surface area contributed by atoms with Crippen LogP contribution in [0.4, 0.5) is 0 Å². The van der Waals surface area contributed by atoms with Crippen LogP contribution in [-0.4, -0.2) is 15.2 Å². The molecule has 1 atom stereocenters. The third kappa shape index (κ3) is 3.42. The van der Waals surface area contributed by atoms with Gasteiger partial charge in [-0.1, -0.05) is 30.3 Å². The lowest BCUT2D eigenvalue weighted by molar-refractivity contribution is 0.651. The highest BCUT2D eigenvalue weighted by molar-refractivity contribution is 7.85. The number of hydrogen-bond acceptors (Lipinski definition) is 1. The van der Waals surface area contributed by atoms with Crippen molar-refractivity contribution in [2.45, 2.75) is 25.5 Å². The molecular weight excluding hydrogens is 194 g/mol. The maximum atomic E-state index is 11.6. The van der Waals surface area contributed by atoms with Crippen molar-refractivity contribution in [2.24, 2.45) is 4.40 Å². The van der Waals surface area contributed by atoms with Gasteiger partial charge in [0.05, 0.1) is 4.75 Å². The average Bonchev–Trinajstić information content (AvgIpc) is 2.14. The highest BCUT2D eigenvalue weighted by Gasteiger charge is 2.17. The van der Waals surface area contributed by atoms with E-state index in [0.717, 1.165) is 5.56 Å². The maximum Gasteiger partial charge on any atom is 0.144 e. The highest BCUT2D eigenvalue weighted by Crippen LogP contribution is 2.11. The molecule has 76 valence electrons. The van der Waals surface area contributed by atoms with Gasteiger partial charge in [-0.3, -0.25) is 0 Å². The maximum absolute atomic E-state index is 11.6. The van der Waals surface area contributed by atoms with Crippen molar-refractivity contribution in [1.82, 2.24) is 0 Å². The van der Waals surface area contributed by atoms with Crippen LogP contribution in [0.1, 0.15) is 26.3 Å². The van der Waals surface area contributed by atoms with Crippen molar-refractivity contribution in [2.75, 3.05) is 0 Å². The molecule has 0 radical (unpaired) electrons. The summed E-state index contributed by atoms with van der Waals surface area (Å²) in [7, 11) is -1.17. The van der Waals surface area contributed by atoms with Crippen LogP contribution < -0.4 is 0 Å². The molecule has 1 unspecified atom stereocenters. The van der Waals surface area contributed by atoms with Crippen LogP contribution in [0, 0.1) is 0 Å². The standard InChI is InChI=1S/C11H15NOS/c1-11(2,3)14(13)12-9-10-7-5-4-6-8-10/h4-9H,1-3H3/b12-9-. The topological polar surface area (TPSA) is 29.4 Å². The molecule has 0 bridgehead atoms. The molecule has 3 heteroatoms. The fraction of sp³-hybridized carbons (Fsp3) is 0.364. The van der Waals surface area contributed by atoms with Crippen LogP contribution in [0.2, 0.25) is 0 Å². The molecule has 1 aromatic carbocycles. The number of nitrogens with zero attached hydrogens (tertiary/aromatic N) is 1. The van der Waals surface area contributed by atoms with E-state index in [0.29, 0.717) is 0 Å². The molecule has 0 saturated heterocycles. The van der Waals surface area contributed by atoms with Gasteiger partial charge in [-0.25, -0.2) is 4.21 Å². The van der Waals surface area contributed by atoms with E-state index in [2.05, 4.69) is 4.40 Å². The lowest BCUT2D eigenvalue weighted by Gasteiger charge is -2.12. The zero-order valence-corrected chi connectivity index (χ0v) is 9.54. The third-order valence-electron chi connectivity index (χ3n) is 1.62. The molecule has 0 aliphatic carbocycles. The van der Waals surface area contributed by atoms with Gasteiger partial charge < -0.3 is 0 Å². The van der Waals surface area contributed by atoms with Crippen molar-refractivity contribution in [3.63, 3.8) is 0 Å². The summed E-state index contributed by atoms with van der Waals surface area (Å²) >= 11 is 0. The molecule has 0 saturated carbocycles. The van der Waals surface area contributed by atoms with Gasteiger partial charge in [0.1, 0.15) is 11.0 Å². The molecule has 1 aromatic rings. The summed E-state index contributed by atoms with van der Waals surface area (Å²) in [6.07, 6.45) is 1.65. The first-order chi connectivity index (χ1) is 6.50. The first kappa shape index (κ1) is 11.1. The quantitative estimate of drug-likeness (QED) is 0.688. The SMILES string of the molecule is CC(C)(C)S(=O)/N=C\c1ccccc1. The van der Waals surface area contributed by atoms with Gasteiger partial charge in [-0.2, -0.15) is 4.40 Å². The molecule has 2 nitrogen and oxygen atoms in total. The van der Waals surface area contributed by atoms with E-state index in [1.165, 1.54) is 0 Å². The van der Waals surface area contributed by atoms with Gasteiger partial charge in [0, 0.05) is 6.21 Å². The summed E-state index contributed by atoms with van der Waals surface area (Å²) in [5.74, 6) is 0. The van der Waals surface area contributed by atoms with Crippen LogP contribution in [0.15, 0.2) is 34.7 Å². The van der Waals surface area contributed by atoms with E-state index in [-0.39, 0.29) is 4.75 Å². The summed E-state index contributed by atoms with van der Waals surface area (Å²) < 4.78 is 15.3. The van der Waals surface area contributed by atoms with Crippen molar-refractivity contribution in [3.05, 3.63) is 35.9 Å². The zero-order valence-electron chi connectivity index (χ0n) is 8.73. The van der Waals surface area contributed by atoms with Crippen LogP contribution in [0.25, 0.3) is 0 Å². The molecule has 0 heterocycles. The van der Waals surface area contributed by atoms with Crippen LogP contribution in [0.3, 0.4) is 0 Å². The van der Waals surface area contributed by atoms with E-state index in [1.54, 1.807) is 6.21 Å². The van der Waals surface area contributed by atoms with Gasteiger partial charge in [0.25, 0.3) is 0 Å². The Morgan fingerprint density at radius 2 is 1.79 bits per heavy atom. The highest BCUT2D eigenvalue weighted by atomic mass is 32.2. The predicted octanol–water partition coefficient (Wildman–Crippen LogP) is 2.57. The molecule has 0 aliphatic heterocycles. The Kier molecular flexibility index (Phi) is 3.58. The summed E-state index contributed by atoms with van der Waals surface area (Å²) in [6.45, 7) is 5.72. The second kappa shape index (κ2) is 4.51. The molecule has 0 amide bonds. The Morgan fingerprint density at radius 3 is 2.29 bits per heavy atom. The van der Waals surface area contributed by atoms with Gasteiger partial charge in [-0.15, -0.1) is 0 Å². The van der Waals surface area contributed by atoms with Gasteiger partial charge in [0.15, 0.2) is 0 Å². The van der Waals surface area contributed by atoms with E-state index in [1.807, 2.05) is 51.1 Å². The van der Waals surface area contributed by atoms with Crippen molar-refractivity contribution in [1.29, 1.82) is 0 Å². The van der Waals surface area contributed by atoms with Crippen molar-refractivity contribution < 1.29 is 4.21 Å². The second-order valence-electron chi connectivity index (χ2n) is 4.01. The molecule has 0 aliphatic rings. The normalized spacial score (nSPS) is 14.5. The predicted molar refractivity (Wildman–Crippen MR) is 61.9 cm³/mol. The van der Waals surface area contributed by atoms with E-state index in [4.69, 9.17) is 0 Å². The van der Waals surface area contributed by atoms with Crippen LogP contribution in [-0.2, 0) is 11.0 Å². The Bertz CT molecular complexity index is 338. The van der Waals surface area contributed by atoms with E-state index >= 15 is 0 Å². The molecular formula is C11H15NOS. The largest absolute Gasteiger partial charge is 0.234 e. The summed E-state index contributed by atoms with van der Waals surface area (Å²) in [5.41, 5.74) is 0.977. The fourth-order valence-electron chi connectivity index (χ4n) is 0.806. The first-order valence-corrected chi connectivity index (χ1v) is 5.62. The average molecular weight is 209 g/mol. The molecule has 0 spiro atoms. The molecule has 0 aromatic heterocycles. The molecule has 14 heavy (non-hydrogen) atoms. The van der Waals surface area contributed by atoms with E-state index < -0.39 is 11.0 Å². The van der Waals surface area contributed by atoms with Gasteiger partial charge in [-0.05, 0) is 26.3 Å². The van der Waals surface area contributed by atoms with E-state index in [9.17, 15) is 4.21 Å². The minimum atomic E-state index is -1.17. The van der Waals surface area contributed by atoms with Crippen LogP contribution in [0.5, 0.6) is 0 Å². The molecule has 0 N–H and O–H groups in total. The number of hydrogen-bond donors (Lipinski definition) is 0. The number of rotatable bonds is 2. The van der Waals surface area contributed by atoms with Gasteiger partial charge >= 0.3 is 0 Å². The Labute approximate surface area is 87.7 Å². The lowest BCUT2D eigenvalue weighted by atomic mass is 10.2. The Balaban J connectivity index is 2.71. The summed E-state index contributed by atoms with van der Waals surface area (Å²) in [4.78, 5) is 0. The monoisotopic (exact) mass is 209 g/mol. The minimum absolute atomic E-state index is 0.286. The lowest BCUT2D eigenvalue weighted by Crippen LogP contribution is -2.19. The minimum Gasteiger partial charge on any atom is -0.234 e. The smallest absolute Gasteiger partial charge is 0.144 e. The first-order valence-electron chi connectivity index (χ1n) is 4.51. The molecule has 0 fully saturated rings. The zero-order chi connectivity index (χ0) is 10.6. The Hall–Kier alpha value is -0.960. The van der Waals surface area contributed by atoms with Gasteiger partial charge in [0.2, 0.25) is 0 Å². The third-order valence-corrected chi connectivity index (χ3v) is 2.97. The summed E-state index contributed by atoms with van der Waals surface area (Å²) in [6, 6.07) is 9.67. The van der Waals surface area contributed by atoms with Crippen LogP contribution >= 0.6 is 0 Å².